The molecule has 0 unspecified atom stereocenters. The zero-order chi connectivity index (χ0) is 14.5. The van der Waals surface area contributed by atoms with E-state index in [0.29, 0.717) is 0 Å². The molecule has 0 aliphatic heterocycles. The van der Waals surface area contributed by atoms with E-state index in [1.165, 1.54) is 63.3 Å². The normalized spacial score (nSPS) is 13.8. The fraction of sp³-hybridized carbons (Fsp3) is 0.143. The van der Waals surface area contributed by atoms with E-state index in [4.69, 9.17) is 0 Å². The van der Waals surface area contributed by atoms with Gasteiger partial charge in [-0.15, -0.1) is 0 Å². The zero-order valence-electron chi connectivity index (χ0n) is 12.4. The summed E-state index contributed by atoms with van der Waals surface area (Å²) in [6.45, 7) is 0. The Bertz CT molecular complexity index is 1010. The Morgan fingerprint density at radius 1 is 0.636 bits per heavy atom. The average molecular weight is 283 g/mol. The molecule has 1 heteroatoms. The standard InChI is InChI=1S/C21H17N/c1-2-9-16-14(6-1)7-5-8-15-12-19-17-10-3-4-11-20(17)22-21(19)13-18(15)16/h1-4,6,9-13,22H,5,7-8H2. The maximum absolute atomic E-state index is 3.58. The van der Waals surface area contributed by atoms with E-state index in [1.807, 2.05) is 0 Å². The van der Waals surface area contributed by atoms with Gasteiger partial charge in [-0.25, -0.2) is 0 Å². The Kier molecular flexibility index (Phi) is 2.45. The van der Waals surface area contributed by atoms with Gasteiger partial charge in [-0.05, 0) is 59.7 Å². The van der Waals surface area contributed by atoms with E-state index in [-0.39, 0.29) is 0 Å². The van der Waals surface area contributed by atoms with Crippen LogP contribution in [0.5, 0.6) is 0 Å². The number of benzene rings is 3. The van der Waals surface area contributed by atoms with Crippen molar-refractivity contribution in [3.05, 3.63) is 71.8 Å². The molecule has 1 aliphatic rings. The summed E-state index contributed by atoms with van der Waals surface area (Å²) < 4.78 is 0. The minimum Gasteiger partial charge on any atom is -0.354 e. The predicted molar refractivity (Wildman–Crippen MR) is 93.3 cm³/mol. The first-order chi connectivity index (χ1) is 10.9. The Balaban J connectivity index is 1.88. The van der Waals surface area contributed by atoms with Gasteiger partial charge in [0, 0.05) is 21.8 Å². The third-order valence-electron chi connectivity index (χ3n) is 4.93. The van der Waals surface area contributed by atoms with Crippen LogP contribution < -0.4 is 0 Å². The summed E-state index contributed by atoms with van der Waals surface area (Å²) in [6, 6.07) is 22.2. The van der Waals surface area contributed by atoms with Gasteiger partial charge in [-0.2, -0.15) is 0 Å². The molecule has 0 amide bonds. The van der Waals surface area contributed by atoms with Gasteiger partial charge >= 0.3 is 0 Å². The zero-order valence-corrected chi connectivity index (χ0v) is 12.4. The SMILES string of the molecule is c1ccc2c(c1)CCCc1cc3c(cc1-2)[nH]c1ccccc13. The summed E-state index contributed by atoms with van der Waals surface area (Å²) in [5.74, 6) is 0. The van der Waals surface area contributed by atoms with Crippen LogP contribution in [0, 0.1) is 0 Å². The van der Waals surface area contributed by atoms with Crippen molar-refractivity contribution >= 4 is 21.8 Å². The number of hydrogen-bond donors (Lipinski definition) is 1. The van der Waals surface area contributed by atoms with Gasteiger partial charge < -0.3 is 4.98 Å². The van der Waals surface area contributed by atoms with Crippen molar-refractivity contribution < 1.29 is 0 Å². The lowest BCUT2D eigenvalue weighted by Crippen LogP contribution is -1.88. The van der Waals surface area contributed by atoms with E-state index in [0.717, 1.165) is 0 Å². The Morgan fingerprint density at radius 3 is 2.45 bits per heavy atom. The Hall–Kier alpha value is -2.54. The molecule has 106 valence electrons. The third-order valence-corrected chi connectivity index (χ3v) is 4.93. The molecular weight excluding hydrogens is 266 g/mol. The summed E-state index contributed by atoms with van der Waals surface area (Å²) in [4.78, 5) is 3.58. The van der Waals surface area contributed by atoms with E-state index in [1.54, 1.807) is 0 Å². The molecule has 1 aliphatic carbocycles. The molecule has 4 aromatic rings. The van der Waals surface area contributed by atoms with Crippen molar-refractivity contribution in [2.75, 3.05) is 0 Å². The highest BCUT2D eigenvalue weighted by Crippen LogP contribution is 2.37. The average Bonchev–Trinajstić information content (AvgIpc) is 2.82. The van der Waals surface area contributed by atoms with Crippen LogP contribution in [0.15, 0.2) is 60.7 Å². The van der Waals surface area contributed by atoms with Crippen molar-refractivity contribution in [3.63, 3.8) is 0 Å². The minimum absolute atomic E-state index is 1.17. The highest BCUT2D eigenvalue weighted by Gasteiger charge is 2.16. The fourth-order valence-corrected chi connectivity index (χ4v) is 3.87. The van der Waals surface area contributed by atoms with E-state index in [2.05, 4.69) is 65.6 Å². The number of H-pyrrole nitrogens is 1. The monoisotopic (exact) mass is 283 g/mol. The van der Waals surface area contributed by atoms with Crippen LogP contribution in [-0.2, 0) is 12.8 Å². The number of hydrogen-bond acceptors (Lipinski definition) is 0. The van der Waals surface area contributed by atoms with Crippen LogP contribution in [0.1, 0.15) is 17.5 Å². The first-order valence-electron chi connectivity index (χ1n) is 8.02. The van der Waals surface area contributed by atoms with Crippen LogP contribution in [0.4, 0.5) is 0 Å². The second-order valence-corrected chi connectivity index (χ2v) is 6.24. The Morgan fingerprint density at radius 2 is 1.45 bits per heavy atom. The number of rotatable bonds is 0. The molecule has 3 aromatic carbocycles. The van der Waals surface area contributed by atoms with Crippen LogP contribution >= 0.6 is 0 Å². The number of fused-ring (bicyclic) bond motifs is 6. The van der Waals surface area contributed by atoms with E-state index < -0.39 is 0 Å². The molecule has 0 fully saturated rings. The highest BCUT2D eigenvalue weighted by atomic mass is 14.7. The Labute approximate surface area is 129 Å². The predicted octanol–water partition coefficient (Wildman–Crippen LogP) is 5.48. The largest absolute Gasteiger partial charge is 0.354 e. The highest BCUT2D eigenvalue weighted by molar-refractivity contribution is 6.08. The van der Waals surface area contributed by atoms with Crippen molar-refractivity contribution in [1.29, 1.82) is 0 Å². The van der Waals surface area contributed by atoms with Crippen molar-refractivity contribution in [2.45, 2.75) is 19.3 Å². The van der Waals surface area contributed by atoms with Gasteiger partial charge in [0.2, 0.25) is 0 Å². The molecule has 0 saturated heterocycles. The molecule has 0 bridgehead atoms. The summed E-state index contributed by atoms with van der Waals surface area (Å²) in [7, 11) is 0. The van der Waals surface area contributed by atoms with Crippen LogP contribution in [0.25, 0.3) is 32.9 Å². The smallest absolute Gasteiger partial charge is 0.0471 e. The second-order valence-electron chi connectivity index (χ2n) is 6.24. The van der Waals surface area contributed by atoms with Gasteiger partial charge in [0.05, 0.1) is 0 Å². The van der Waals surface area contributed by atoms with Gasteiger partial charge in [0.25, 0.3) is 0 Å². The molecule has 1 N–H and O–H groups in total. The lowest BCUT2D eigenvalue weighted by Gasteiger charge is -2.09. The minimum atomic E-state index is 1.17. The quantitative estimate of drug-likeness (QED) is 0.440. The van der Waals surface area contributed by atoms with Crippen LogP contribution in [0.2, 0.25) is 0 Å². The fourth-order valence-electron chi connectivity index (χ4n) is 3.87. The molecule has 5 rings (SSSR count). The van der Waals surface area contributed by atoms with Crippen LogP contribution in [-0.4, -0.2) is 4.98 Å². The molecule has 0 saturated carbocycles. The molecule has 1 aromatic heterocycles. The molecule has 1 heterocycles. The van der Waals surface area contributed by atoms with Gasteiger partial charge in [-0.3, -0.25) is 0 Å². The van der Waals surface area contributed by atoms with E-state index in [9.17, 15) is 0 Å². The summed E-state index contributed by atoms with van der Waals surface area (Å²) in [5.41, 5.74) is 8.27. The summed E-state index contributed by atoms with van der Waals surface area (Å²) in [6.07, 6.45) is 3.58. The number of nitrogens with one attached hydrogen (secondary N) is 1. The van der Waals surface area contributed by atoms with Crippen molar-refractivity contribution in [3.8, 4) is 11.1 Å². The van der Waals surface area contributed by atoms with Crippen molar-refractivity contribution in [2.24, 2.45) is 0 Å². The lowest BCUT2D eigenvalue weighted by atomic mass is 9.95. The van der Waals surface area contributed by atoms with Gasteiger partial charge in [-0.1, -0.05) is 42.5 Å². The van der Waals surface area contributed by atoms with Crippen molar-refractivity contribution in [1.82, 2.24) is 4.98 Å². The molecule has 0 spiro atoms. The molecule has 0 atom stereocenters. The number of aryl methyl sites for hydroxylation is 2. The number of para-hydroxylation sites is 1. The van der Waals surface area contributed by atoms with Crippen LogP contribution in [0.3, 0.4) is 0 Å². The second kappa shape index (κ2) is 4.48. The molecule has 1 nitrogen and oxygen atoms in total. The van der Waals surface area contributed by atoms with Gasteiger partial charge in [0.1, 0.15) is 0 Å². The molecule has 0 radical (unpaired) electrons. The maximum atomic E-state index is 3.58. The topological polar surface area (TPSA) is 15.8 Å². The summed E-state index contributed by atoms with van der Waals surface area (Å²) >= 11 is 0. The molecule has 22 heavy (non-hydrogen) atoms. The lowest BCUT2D eigenvalue weighted by molar-refractivity contribution is 0.835. The number of aromatic nitrogens is 1. The number of aromatic amines is 1. The summed E-state index contributed by atoms with van der Waals surface area (Å²) in [5, 5.41) is 2.69. The third kappa shape index (κ3) is 1.66. The van der Waals surface area contributed by atoms with E-state index >= 15 is 0 Å². The van der Waals surface area contributed by atoms with Gasteiger partial charge in [0.15, 0.2) is 0 Å². The first kappa shape index (κ1) is 12.0. The maximum Gasteiger partial charge on any atom is 0.0471 e. The molecular formula is C21H17N. The first-order valence-corrected chi connectivity index (χ1v) is 8.02.